The standard InChI is InChI=1S/C17H30N6O2/c1-4-24-13(2)16-20-15(25-21-16)11-19-17(18-3)23-10-7-14(12-23)22-8-5-6-9-22/h13-14H,4-12H2,1-3H3,(H,18,19). The predicted molar refractivity (Wildman–Crippen MR) is 95.3 cm³/mol. The lowest BCUT2D eigenvalue weighted by atomic mass is 10.2. The zero-order valence-corrected chi connectivity index (χ0v) is 15.6. The number of nitrogens with one attached hydrogen (secondary N) is 1. The molecule has 2 atom stereocenters. The number of hydrogen-bond donors (Lipinski definition) is 1. The van der Waals surface area contributed by atoms with E-state index >= 15 is 0 Å². The van der Waals surface area contributed by atoms with Gasteiger partial charge in [-0.1, -0.05) is 5.16 Å². The average molecular weight is 350 g/mol. The van der Waals surface area contributed by atoms with Crippen LogP contribution < -0.4 is 5.32 Å². The highest BCUT2D eigenvalue weighted by atomic mass is 16.5. The van der Waals surface area contributed by atoms with Crippen LogP contribution in [0.5, 0.6) is 0 Å². The highest BCUT2D eigenvalue weighted by molar-refractivity contribution is 5.80. The van der Waals surface area contributed by atoms with Crippen LogP contribution >= 0.6 is 0 Å². The predicted octanol–water partition coefficient (Wildman–Crippen LogP) is 1.41. The largest absolute Gasteiger partial charge is 0.371 e. The molecule has 2 fully saturated rings. The molecule has 2 aliphatic heterocycles. The Morgan fingerprint density at radius 2 is 2.20 bits per heavy atom. The molecule has 140 valence electrons. The van der Waals surface area contributed by atoms with Crippen LogP contribution in [0, 0.1) is 0 Å². The van der Waals surface area contributed by atoms with Gasteiger partial charge < -0.3 is 19.5 Å². The smallest absolute Gasteiger partial charge is 0.246 e. The third-order valence-electron chi connectivity index (χ3n) is 4.99. The lowest BCUT2D eigenvalue weighted by Gasteiger charge is -2.25. The number of ether oxygens (including phenoxy) is 1. The molecule has 8 heteroatoms. The Balaban J connectivity index is 1.50. The van der Waals surface area contributed by atoms with Crippen LogP contribution in [0.4, 0.5) is 0 Å². The maximum atomic E-state index is 5.49. The topological polar surface area (TPSA) is 79.0 Å². The van der Waals surface area contributed by atoms with Crippen molar-refractivity contribution in [2.24, 2.45) is 4.99 Å². The summed E-state index contributed by atoms with van der Waals surface area (Å²) in [7, 11) is 1.82. The molecule has 3 heterocycles. The molecule has 1 aromatic heterocycles. The van der Waals surface area contributed by atoms with Crippen molar-refractivity contribution < 1.29 is 9.26 Å². The number of rotatable bonds is 6. The number of nitrogens with zero attached hydrogens (tertiary/aromatic N) is 5. The van der Waals surface area contributed by atoms with Gasteiger partial charge >= 0.3 is 0 Å². The van der Waals surface area contributed by atoms with E-state index in [1.165, 1.54) is 32.4 Å². The third-order valence-corrected chi connectivity index (χ3v) is 4.99. The molecule has 0 amide bonds. The van der Waals surface area contributed by atoms with E-state index < -0.39 is 0 Å². The molecule has 0 bridgehead atoms. The summed E-state index contributed by atoms with van der Waals surface area (Å²) in [5, 5.41) is 7.33. The van der Waals surface area contributed by atoms with Crippen LogP contribution in [0.3, 0.4) is 0 Å². The summed E-state index contributed by atoms with van der Waals surface area (Å²) in [6.45, 7) is 9.54. The van der Waals surface area contributed by atoms with Crippen molar-refractivity contribution in [3.8, 4) is 0 Å². The normalized spacial score (nSPS) is 23.4. The van der Waals surface area contributed by atoms with Gasteiger partial charge in [0.05, 0.1) is 6.54 Å². The molecule has 0 aliphatic carbocycles. The Morgan fingerprint density at radius 3 is 2.92 bits per heavy atom. The molecule has 0 aromatic carbocycles. The summed E-state index contributed by atoms with van der Waals surface area (Å²) >= 11 is 0. The van der Waals surface area contributed by atoms with Gasteiger partial charge in [0.2, 0.25) is 5.89 Å². The first-order valence-corrected chi connectivity index (χ1v) is 9.35. The fourth-order valence-corrected chi connectivity index (χ4v) is 3.66. The Bertz CT molecular complexity index is 569. The van der Waals surface area contributed by atoms with Crippen LogP contribution in [0.15, 0.2) is 9.52 Å². The number of likely N-dealkylation sites (tertiary alicyclic amines) is 2. The first-order chi connectivity index (χ1) is 12.2. The maximum Gasteiger partial charge on any atom is 0.246 e. The molecule has 25 heavy (non-hydrogen) atoms. The zero-order chi connectivity index (χ0) is 17.6. The van der Waals surface area contributed by atoms with Crippen molar-refractivity contribution >= 4 is 5.96 Å². The lowest BCUT2D eigenvalue weighted by molar-refractivity contribution is 0.0683. The zero-order valence-electron chi connectivity index (χ0n) is 15.6. The highest BCUT2D eigenvalue weighted by Gasteiger charge is 2.30. The summed E-state index contributed by atoms with van der Waals surface area (Å²) in [4.78, 5) is 13.7. The SMILES string of the molecule is CCOC(C)c1noc(CNC(=NC)N2CCC(N3CCCC3)C2)n1. The molecule has 2 saturated heterocycles. The van der Waals surface area contributed by atoms with E-state index in [1.807, 2.05) is 20.9 Å². The van der Waals surface area contributed by atoms with Crippen LogP contribution in [0.2, 0.25) is 0 Å². The summed E-state index contributed by atoms with van der Waals surface area (Å²) in [5.41, 5.74) is 0. The van der Waals surface area contributed by atoms with E-state index in [1.54, 1.807) is 0 Å². The van der Waals surface area contributed by atoms with Crippen molar-refractivity contribution in [1.82, 2.24) is 25.3 Å². The van der Waals surface area contributed by atoms with Crippen LogP contribution in [-0.2, 0) is 11.3 Å². The molecule has 1 N–H and O–H groups in total. The molecule has 8 nitrogen and oxygen atoms in total. The van der Waals surface area contributed by atoms with Crippen molar-refractivity contribution in [3.63, 3.8) is 0 Å². The molecule has 0 radical (unpaired) electrons. The Morgan fingerprint density at radius 1 is 1.40 bits per heavy atom. The second kappa shape index (κ2) is 8.62. The van der Waals surface area contributed by atoms with Crippen LogP contribution in [0.25, 0.3) is 0 Å². The van der Waals surface area contributed by atoms with Crippen molar-refractivity contribution in [2.75, 3.05) is 39.8 Å². The number of hydrogen-bond acceptors (Lipinski definition) is 6. The van der Waals surface area contributed by atoms with E-state index in [0.717, 1.165) is 19.0 Å². The first-order valence-electron chi connectivity index (χ1n) is 9.35. The number of aliphatic imine (C=N–C) groups is 1. The fraction of sp³-hybridized carbons (Fsp3) is 0.824. The Hall–Kier alpha value is -1.67. The van der Waals surface area contributed by atoms with Crippen LogP contribution in [-0.4, -0.2) is 71.8 Å². The van der Waals surface area contributed by atoms with Gasteiger partial charge in [-0.2, -0.15) is 4.98 Å². The van der Waals surface area contributed by atoms with E-state index in [-0.39, 0.29) is 6.10 Å². The summed E-state index contributed by atoms with van der Waals surface area (Å²) in [6, 6.07) is 0.656. The fourth-order valence-electron chi connectivity index (χ4n) is 3.66. The van der Waals surface area contributed by atoms with Crippen LogP contribution in [0.1, 0.15) is 50.9 Å². The molecular weight excluding hydrogens is 320 g/mol. The van der Waals surface area contributed by atoms with Gasteiger partial charge in [0.25, 0.3) is 0 Å². The number of aromatic nitrogens is 2. The molecule has 2 unspecified atom stereocenters. The minimum absolute atomic E-state index is 0.151. The number of guanidine groups is 1. The summed E-state index contributed by atoms with van der Waals surface area (Å²) < 4.78 is 10.8. The molecule has 2 aliphatic rings. The van der Waals surface area contributed by atoms with Gasteiger partial charge in [0.15, 0.2) is 11.8 Å². The van der Waals surface area contributed by atoms with Crippen molar-refractivity contribution in [3.05, 3.63) is 11.7 Å². The monoisotopic (exact) mass is 350 g/mol. The molecule has 0 spiro atoms. The second-order valence-corrected chi connectivity index (χ2v) is 6.68. The summed E-state index contributed by atoms with van der Waals surface area (Å²) in [6.07, 6.45) is 3.73. The molecule has 3 rings (SSSR count). The van der Waals surface area contributed by atoms with E-state index in [0.29, 0.717) is 30.9 Å². The second-order valence-electron chi connectivity index (χ2n) is 6.68. The van der Waals surface area contributed by atoms with Gasteiger partial charge in [-0.25, -0.2) is 0 Å². The lowest BCUT2D eigenvalue weighted by Crippen LogP contribution is -2.42. The minimum Gasteiger partial charge on any atom is -0.371 e. The van der Waals surface area contributed by atoms with Crippen molar-refractivity contribution in [1.29, 1.82) is 0 Å². The maximum absolute atomic E-state index is 5.49. The van der Waals surface area contributed by atoms with Crippen molar-refractivity contribution in [2.45, 2.75) is 51.8 Å². The molecule has 0 saturated carbocycles. The van der Waals surface area contributed by atoms with Gasteiger partial charge in [0, 0.05) is 32.8 Å². The first kappa shape index (κ1) is 18.1. The Kier molecular flexibility index (Phi) is 6.25. The van der Waals surface area contributed by atoms with E-state index in [4.69, 9.17) is 9.26 Å². The van der Waals surface area contributed by atoms with Gasteiger partial charge in [-0.15, -0.1) is 0 Å². The highest BCUT2D eigenvalue weighted by Crippen LogP contribution is 2.20. The molecule has 1 aromatic rings. The van der Waals surface area contributed by atoms with E-state index in [9.17, 15) is 0 Å². The van der Waals surface area contributed by atoms with Gasteiger partial charge in [-0.05, 0) is 46.2 Å². The Labute approximate surface area is 149 Å². The van der Waals surface area contributed by atoms with E-state index in [2.05, 4.69) is 30.2 Å². The minimum atomic E-state index is -0.151. The summed E-state index contributed by atoms with van der Waals surface area (Å²) in [5.74, 6) is 2.04. The van der Waals surface area contributed by atoms with Gasteiger partial charge in [-0.3, -0.25) is 9.89 Å². The quantitative estimate of drug-likeness (QED) is 0.614. The molecular formula is C17H30N6O2. The van der Waals surface area contributed by atoms with Gasteiger partial charge in [0.1, 0.15) is 6.10 Å². The average Bonchev–Trinajstić information content (AvgIpc) is 3.36. The third kappa shape index (κ3) is 4.49.